The normalized spacial score (nSPS) is 11.5. The summed E-state index contributed by atoms with van der Waals surface area (Å²) in [6.45, 7) is 0. The van der Waals surface area contributed by atoms with Crippen LogP contribution in [0.3, 0.4) is 0 Å². The molecule has 2 N–H and O–H groups in total. The molecule has 0 fully saturated rings. The fourth-order valence-corrected chi connectivity index (χ4v) is 1.43. The first-order valence-electron chi connectivity index (χ1n) is 4.73. The first-order valence-corrected chi connectivity index (χ1v) is 4.73. The Labute approximate surface area is 95.1 Å². The van der Waals surface area contributed by atoms with Gasteiger partial charge in [0.2, 0.25) is 0 Å². The van der Waals surface area contributed by atoms with Crippen molar-refractivity contribution in [3.05, 3.63) is 42.1 Å². The van der Waals surface area contributed by atoms with Crippen LogP contribution in [-0.4, -0.2) is 9.97 Å². The van der Waals surface area contributed by atoms with Gasteiger partial charge in [-0.05, 0) is 12.1 Å². The highest BCUT2D eigenvalue weighted by molar-refractivity contribution is 5.62. The predicted octanol–water partition coefficient (Wildman–Crippen LogP) is 2.74. The van der Waals surface area contributed by atoms with E-state index in [0.717, 1.165) is 6.07 Å². The molecule has 1 aromatic heterocycles. The van der Waals surface area contributed by atoms with Crippen LogP contribution in [0.4, 0.5) is 19.0 Å². The van der Waals surface area contributed by atoms with Gasteiger partial charge in [0.15, 0.2) is 5.82 Å². The third kappa shape index (κ3) is 2.35. The number of benzene rings is 1. The average Bonchev–Trinajstić information content (AvgIpc) is 2.28. The summed E-state index contributed by atoms with van der Waals surface area (Å²) in [5.41, 5.74) is 4.57. The maximum absolute atomic E-state index is 12.7. The van der Waals surface area contributed by atoms with Crippen molar-refractivity contribution in [2.45, 2.75) is 6.18 Å². The van der Waals surface area contributed by atoms with Gasteiger partial charge in [-0.2, -0.15) is 13.2 Å². The Bertz CT molecular complexity index is 537. The number of hydrogen-bond acceptors (Lipinski definition) is 3. The molecule has 3 nitrogen and oxygen atoms in total. The van der Waals surface area contributed by atoms with Crippen LogP contribution in [-0.2, 0) is 6.18 Å². The van der Waals surface area contributed by atoms with Crippen molar-refractivity contribution in [2.24, 2.45) is 0 Å². The van der Waals surface area contributed by atoms with E-state index in [1.54, 1.807) is 0 Å². The van der Waals surface area contributed by atoms with Crippen LogP contribution >= 0.6 is 0 Å². The number of aromatic nitrogens is 2. The molecular formula is C11H8F3N3. The highest BCUT2D eigenvalue weighted by atomic mass is 19.4. The minimum atomic E-state index is -4.44. The minimum absolute atomic E-state index is 0.0297. The lowest BCUT2D eigenvalue weighted by Gasteiger charge is -2.11. The molecule has 1 heterocycles. The summed E-state index contributed by atoms with van der Waals surface area (Å²) in [4.78, 5) is 7.58. The van der Waals surface area contributed by atoms with E-state index < -0.39 is 11.7 Å². The van der Waals surface area contributed by atoms with Gasteiger partial charge in [0.1, 0.15) is 5.82 Å². The van der Waals surface area contributed by atoms with E-state index in [9.17, 15) is 13.2 Å². The Balaban J connectivity index is 2.60. The second kappa shape index (κ2) is 4.04. The van der Waals surface area contributed by atoms with Crippen LogP contribution in [0.5, 0.6) is 0 Å². The first-order chi connectivity index (χ1) is 7.98. The van der Waals surface area contributed by atoms with Gasteiger partial charge in [-0.3, -0.25) is 0 Å². The maximum Gasteiger partial charge on any atom is 0.417 e. The molecule has 0 spiro atoms. The molecule has 0 aliphatic heterocycles. The minimum Gasteiger partial charge on any atom is -0.384 e. The quantitative estimate of drug-likeness (QED) is 0.832. The van der Waals surface area contributed by atoms with Crippen LogP contribution < -0.4 is 5.73 Å². The number of nitrogens with zero attached hydrogens (tertiary/aromatic N) is 2. The molecule has 2 aromatic rings. The summed E-state index contributed by atoms with van der Waals surface area (Å²) >= 11 is 0. The van der Waals surface area contributed by atoms with Crippen molar-refractivity contribution < 1.29 is 13.2 Å². The van der Waals surface area contributed by atoms with Gasteiger partial charge >= 0.3 is 6.18 Å². The molecule has 0 bridgehead atoms. The van der Waals surface area contributed by atoms with Crippen molar-refractivity contribution in [3.8, 4) is 11.4 Å². The van der Waals surface area contributed by atoms with Crippen LogP contribution in [0.15, 0.2) is 36.5 Å². The molecule has 6 heteroatoms. The molecule has 0 aliphatic rings. The van der Waals surface area contributed by atoms with Gasteiger partial charge < -0.3 is 5.73 Å². The predicted molar refractivity (Wildman–Crippen MR) is 56.9 cm³/mol. The highest BCUT2D eigenvalue weighted by Gasteiger charge is 2.33. The summed E-state index contributed by atoms with van der Waals surface area (Å²) in [5, 5.41) is 0. The lowest BCUT2D eigenvalue weighted by molar-refractivity contribution is -0.137. The number of halogens is 3. The Morgan fingerprint density at radius 2 is 1.76 bits per heavy atom. The zero-order chi connectivity index (χ0) is 12.5. The molecule has 0 atom stereocenters. The molecule has 0 amide bonds. The van der Waals surface area contributed by atoms with Crippen molar-refractivity contribution in [2.75, 3.05) is 5.73 Å². The van der Waals surface area contributed by atoms with E-state index in [1.165, 1.54) is 30.5 Å². The standard InChI is InChI=1S/C11H8F3N3/c12-11(13,14)8-4-2-1-3-7(8)10-16-6-5-9(15)17-10/h1-6H,(H2,15,16,17). The van der Waals surface area contributed by atoms with E-state index in [2.05, 4.69) is 9.97 Å². The fraction of sp³-hybridized carbons (Fsp3) is 0.0909. The lowest BCUT2D eigenvalue weighted by atomic mass is 10.1. The number of alkyl halides is 3. The number of anilines is 1. The zero-order valence-corrected chi connectivity index (χ0v) is 8.57. The maximum atomic E-state index is 12.7. The van der Waals surface area contributed by atoms with Crippen molar-refractivity contribution >= 4 is 5.82 Å². The third-order valence-electron chi connectivity index (χ3n) is 2.15. The van der Waals surface area contributed by atoms with Gasteiger partial charge in [0.25, 0.3) is 0 Å². The highest BCUT2D eigenvalue weighted by Crippen LogP contribution is 2.35. The largest absolute Gasteiger partial charge is 0.417 e. The molecule has 0 aliphatic carbocycles. The van der Waals surface area contributed by atoms with E-state index in [0.29, 0.717) is 0 Å². The van der Waals surface area contributed by atoms with Gasteiger partial charge in [0, 0.05) is 11.8 Å². The smallest absolute Gasteiger partial charge is 0.384 e. The number of nitrogens with two attached hydrogens (primary N) is 1. The van der Waals surface area contributed by atoms with Crippen molar-refractivity contribution in [1.29, 1.82) is 0 Å². The summed E-state index contributed by atoms with van der Waals surface area (Å²) in [7, 11) is 0. The summed E-state index contributed by atoms with van der Waals surface area (Å²) < 4.78 is 38.2. The second-order valence-electron chi connectivity index (χ2n) is 3.35. The van der Waals surface area contributed by atoms with E-state index in [-0.39, 0.29) is 17.2 Å². The zero-order valence-electron chi connectivity index (χ0n) is 8.57. The fourth-order valence-electron chi connectivity index (χ4n) is 1.43. The van der Waals surface area contributed by atoms with Crippen molar-refractivity contribution in [1.82, 2.24) is 9.97 Å². The summed E-state index contributed by atoms with van der Waals surface area (Å²) in [6, 6.07) is 6.54. The SMILES string of the molecule is Nc1ccnc(-c2ccccc2C(F)(F)F)n1. The first kappa shape index (κ1) is 11.4. The summed E-state index contributed by atoms with van der Waals surface area (Å²) in [5.74, 6) is 0.102. The van der Waals surface area contributed by atoms with Gasteiger partial charge in [0.05, 0.1) is 5.56 Å². The molecule has 88 valence electrons. The lowest BCUT2D eigenvalue weighted by Crippen LogP contribution is -2.08. The van der Waals surface area contributed by atoms with Crippen LogP contribution in [0, 0.1) is 0 Å². The number of hydrogen-bond donors (Lipinski definition) is 1. The van der Waals surface area contributed by atoms with E-state index >= 15 is 0 Å². The third-order valence-corrected chi connectivity index (χ3v) is 2.15. The Hall–Kier alpha value is -2.11. The van der Waals surface area contributed by atoms with Crippen LogP contribution in [0.2, 0.25) is 0 Å². The second-order valence-corrected chi connectivity index (χ2v) is 3.35. The Morgan fingerprint density at radius 3 is 2.41 bits per heavy atom. The van der Waals surface area contributed by atoms with Crippen LogP contribution in [0.1, 0.15) is 5.56 Å². The molecule has 2 rings (SSSR count). The molecule has 17 heavy (non-hydrogen) atoms. The van der Waals surface area contributed by atoms with Crippen LogP contribution in [0.25, 0.3) is 11.4 Å². The van der Waals surface area contributed by atoms with Gasteiger partial charge in [-0.25, -0.2) is 9.97 Å². The van der Waals surface area contributed by atoms with E-state index in [1.807, 2.05) is 0 Å². The average molecular weight is 239 g/mol. The molecular weight excluding hydrogens is 231 g/mol. The molecule has 0 saturated heterocycles. The van der Waals surface area contributed by atoms with Crippen molar-refractivity contribution in [3.63, 3.8) is 0 Å². The molecule has 1 aromatic carbocycles. The summed E-state index contributed by atoms with van der Waals surface area (Å²) in [6.07, 6.45) is -3.12. The molecule has 0 unspecified atom stereocenters. The monoisotopic (exact) mass is 239 g/mol. The van der Waals surface area contributed by atoms with E-state index in [4.69, 9.17) is 5.73 Å². The molecule has 0 radical (unpaired) electrons. The Kier molecular flexibility index (Phi) is 2.71. The van der Waals surface area contributed by atoms with Gasteiger partial charge in [-0.1, -0.05) is 18.2 Å². The Morgan fingerprint density at radius 1 is 1.06 bits per heavy atom. The number of rotatable bonds is 1. The molecule has 0 saturated carbocycles. The van der Waals surface area contributed by atoms with Gasteiger partial charge in [-0.15, -0.1) is 0 Å². The number of nitrogen functional groups attached to an aromatic ring is 1. The topological polar surface area (TPSA) is 51.8 Å².